The van der Waals surface area contributed by atoms with Crippen LogP contribution in [-0.2, 0) is 24.3 Å². The molecule has 0 bridgehead atoms. The summed E-state index contributed by atoms with van der Waals surface area (Å²) in [5, 5.41) is 14.3. The van der Waals surface area contributed by atoms with E-state index >= 15 is 0 Å². The van der Waals surface area contributed by atoms with Gasteiger partial charge >= 0.3 is 0 Å². The zero-order valence-electron chi connectivity index (χ0n) is 13.0. The Labute approximate surface area is 149 Å². The zero-order chi connectivity index (χ0) is 16.9. The van der Waals surface area contributed by atoms with Crippen LogP contribution >= 0.6 is 23.2 Å². The molecule has 0 saturated carbocycles. The molecule has 2 aromatic rings. The van der Waals surface area contributed by atoms with Gasteiger partial charge in [-0.15, -0.1) is 0 Å². The Morgan fingerprint density at radius 3 is 3.08 bits per heavy atom. The van der Waals surface area contributed by atoms with Gasteiger partial charge in [-0.2, -0.15) is 5.10 Å². The lowest BCUT2D eigenvalue weighted by Crippen LogP contribution is -2.30. The van der Waals surface area contributed by atoms with Crippen LogP contribution in [0.5, 0.6) is 0 Å². The van der Waals surface area contributed by atoms with Gasteiger partial charge in [0.05, 0.1) is 13.2 Å². The first-order valence-corrected chi connectivity index (χ1v) is 8.47. The molecule has 2 heterocycles. The number of nitrogens with one attached hydrogen (secondary N) is 3. The molecule has 0 unspecified atom stereocenters. The molecule has 1 aromatic heterocycles. The smallest absolute Gasteiger partial charge is 0.272 e. The number of H-pyrrole nitrogens is 1. The maximum atomic E-state index is 12.2. The van der Waals surface area contributed by atoms with Crippen molar-refractivity contribution in [1.29, 1.82) is 0 Å². The van der Waals surface area contributed by atoms with E-state index in [2.05, 4.69) is 20.8 Å². The summed E-state index contributed by atoms with van der Waals surface area (Å²) in [6.07, 6.45) is 0.862. The van der Waals surface area contributed by atoms with E-state index in [4.69, 9.17) is 27.9 Å². The minimum absolute atomic E-state index is 0.190. The highest BCUT2D eigenvalue weighted by molar-refractivity contribution is 6.35. The number of benzene rings is 1. The first-order chi connectivity index (χ1) is 11.6. The Morgan fingerprint density at radius 2 is 2.25 bits per heavy atom. The summed E-state index contributed by atoms with van der Waals surface area (Å²) >= 11 is 11.9. The summed E-state index contributed by atoms with van der Waals surface area (Å²) in [6, 6.07) is 5.27. The van der Waals surface area contributed by atoms with Crippen molar-refractivity contribution >= 4 is 29.1 Å². The lowest BCUT2D eigenvalue weighted by Gasteiger charge is -2.13. The molecular formula is C16H18Cl2N4O2. The van der Waals surface area contributed by atoms with Crippen molar-refractivity contribution in [1.82, 2.24) is 20.8 Å². The van der Waals surface area contributed by atoms with E-state index in [1.54, 1.807) is 12.1 Å². The standard InChI is InChI=1S/C16H18Cl2N4O2/c17-11-2-1-10(13(18)7-11)9-24-6-5-20-16(23)15-12-8-19-4-3-14(12)21-22-15/h1-2,7,19H,3-6,8-9H2,(H,20,23)(H,21,22). The lowest BCUT2D eigenvalue weighted by molar-refractivity contribution is 0.0895. The van der Waals surface area contributed by atoms with Gasteiger partial charge in [0.1, 0.15) is 0 Å². The van der Waals surface area contributed by atoms with Gasteiger partial charge in [0.2, 0.25) is 0 Å². The first-order valence-electron chi connectivity index (χ1n) is 7.72. The van der Waals surface area contributed by atoms with Crippen LogP contribution in [0.15, 0.2) is 18.2 Å². The highest BCUT2D eigenvalue weighted by atomic mass is 35.5. The molecule has 3 rings (SSSR count). The molecule has 6 nitrogen and oxygen atoms in total. The number of amides is 1. The van der Waals surface area contributed by atoms with Crippen molar-refractivity contribution in [3.63, 3.8) is 0 Å². The van der Waals surface area contributed by atoms with Gasteiger partial charge in [0.15, 0.2) is 5.69 Å². The van der Waals surface area contributed by atoms with Crippen molar-refractivity contribution in [3.05, 3.63) is 50.8 Å². The maximum Gasteiger partial charge on any atom is 0.272 e. The second-order valence-electron chi connectivity index (χ2n) is 5.50. The second-order valence-corrected chi connectivity index (χ2v) is 6.34. The summed E-state index contributed by atoms with van der Waals surface area (Å²) in [5.41, 5.74) is 3.30. The third-order valence-corrected chi connectivity index (χ3v) is 4.41. The average Bonchev–Trinajstić information content (AvgIpc) is 3.00. The third-order valence-electron chi connectivity index (χ3n) is 3.83. The topological polar surface area (TPSA) is 79.0 Å². The number of aromatic nitrogens is 2. The molecule has 0 radical (unpaired) electrons. The van der Waals surface area contributed by atoms with Crippen LogP contribution in [0.25, 0.3) is 0 Å². The first kappa shape index (κ1) is 17.2. The van der Waals surface area contributed by atoms with Crippen molar-refractivity contribution in [3.8, 4) is 0 Å². The summed E-state index contributed by atoms with van der Waals surface area (Å²) < 4.78 is 5.54. The van der Waals surface area contributed by atoms with E-state index in [1.807, 2.05) is 6.07 Å². The molecule has 0 aliphatic carbocycles. The number of hydrogen-bond acceptors (Lipinski definition) is 4. The number of halogens is 2. The fraction of sp³-hybridized carbons (Fsp3) is 0.375. The minimum Gasteiger partial charge on any atom is -0.375 e. The van der Waals surface area contributed by atoms with Crippen LogP contribution in [0, 0.1) is 0 Å². The quantitative estimate of drug-likeness (QED) is 0.683. The fourth-order valence-corrected chi connectivity index (χ4v) is 3.02. The van der Waals surface area contributed by atoms with Crippen molar-refractivity contribution < 1.29 is 9.53 Å². The van der Waals surface area contributed by atoms with Gasteiger partial charge in [0, 0.05) is 47.4 Å². The third kappa shape index (κ3) is 4.08. The molecule has 1 amide bonds. The van der Waals surface area contributed by atoms with Crippen LogP contribution < -0.4 is 10.6 Å². The minimum atomic E-state index is -0.190. The van der Waals surface area contributed by atoms with Crippen LogP contribution in [0.1, 0.15) is 27.3 Å². The summed E-state index contributed by atoms with van der Waals surface area (Å²) in [4.78, 5) is 12.2. The van der Waals surface area contributed by atoms with Gasteiger partial charge in [-0.05, 0) is 17.7 Å². The number of nitrogens with zero attached hydrogens (tertiary/aromatic N) is 1. The highest BCUT2D eigenvalue weighted by Gasteiger charge is 2.21. The normalized spacial score (nSPS) is 13.6. The molecule has 24 heavy (non-hydrogen) atoms. The number of hydrogen-bond donors (Lipinski definition) is 3. The molecule has 3 N–H and O–H groups in total. The fourth-order valence-electron chi connectivity index (χ4n) is 2.55. The highest BCUT2D eigenvalue weighted by Crippen LogP contribution is 2.21. The predicted octanol–water partition coefficient (Wildman–Crippen LogP) is 2.31. The van der Waals surface area contributed by atoms with Gasteiger partial charge in [0.25, 0.3) is 5.91 Å². The summed E-state index contributed by atoms with van der Waals surface area (Å²) in [5.74, 6) is -0.190. The van der Waals surface area contributed by atoms with Crippen molar-refractivity contribution in [2.45, 2.75) is 19.6 Å². The molecule has 0 spiro atoms. The number of ether oxygens (including phenoxy) is 1. The summed E-state index contributed by atoms with van der Waals surface area (Å²) in [7, 11) is 0. The Bertz CT molecular complexity index is 733. The lowest BCUT2D eigenvalue weighted by atomic mass is 10.1. The predicted molar refractivity (Wildman–Crippen MR) is 92.4 cm³/mol. The van der Waals surface area contributed by atoms with E-state index in [0.717, 1.165) is 29.8 Å². The van der Waals surface area contributed by atoms with Crippen LogP contribution in [0.3, 0.4) is 0 Å². The number of carbonyl (C=O) groups excluding carboxylic acids is 1. The van der Waals surface area contributed by atoms with Crippen LogP contribution in [-0.4, -0.2) is 35.8 Å². The van der Waals surface area contributed by atoms with Crippen molar-refractivity contribution in [2.75, 3.05) is 19.7 Å². The van der Waals surface area contributed by atoms with Crippen LogP contribution in [0.2, 0.25) is 10.0 Å². The zero-order valence-corrected chi connectivity index (χ0v) is 14.5. The monoisotopic (exact) mass is 368 g/mol. The van der Waals surface area contributed by atoms with Gasteiger partial charge in [-0.25, -0.2) is 0 Å². The Hall–Kier alpha value is -1.60. The SMILES string of the molecule is O=C(NCCOCc1ccc(Cl)cc1Cl)c1n[nH]c2c1CNCC2. The number of aromatic amines is 1. The molecule has 1 aliphatic heterocycles. The van der Waals surface area contributed by atoms with E-state index in [9.17, 15) is 4.79 Å². The molecular weight excluding hydrogens is 351 g/mol. The molecule has 128 valence electrons. The molecule has 0 fully saturated rings. The van der Waals surface area contributed by atoms with E-state index < -0.39 is 0 Å². The number of rotatable bonds is 6. The Morgan fingerprint density at radius 1 is 1.38 bits per heavy atom. The molecule has 0 saturated heterocycles. The molecule has 1 aromatic carbocycles. The van der Waals surface area contributed by atoms with Crippen LogP contribution in [0.4, 0.5) is 0 Å². The second kappa shape index (κ2) is 7.98. The number of carbonyl (C=O) groups is 1. The van der Waals surface area contributed by atoms with E-state index in [-0.39, 0.29) is 5.91 Å². The van der Waals surface area contributed by atoms with Gasteiger partial charge in [-0.1, -0.05) is 29.3 Å². The van der Waals surface area contributed by atoms with Gasteiger partial charge < -0.3 is 15.4 Å². The number of fused-ring (bicyclic) bond motifs is 1. The largest absolute Gasteiger partial charge is 0.375 e. The summed E-state index contributed by atoms with van der Waals surface area (Å²) in [6.45, 7) is 2.72. The molecule has 1 aliphatic rings. The van der Waals surface area contributed by atoms with Crippen molar-refractivity contribution in [2.24, 2.45) is 0 Å². The van der Waals surface area contributed by atoms with E-state index in [1.165, 1.54) is 0 Å². The molecule has 0 atom stereocenters. The molecule has 8 heteroatoms. The Kier molecular flexibility index (Phi) is 5.73. The average molecular weight is 369 g/mol. The Balaban J connectivity index is 1.43. The maximum absolute atomic E-state index is 12.2. The van der Waals surface area contributed by atoms with E-state index in [0.29, 0.717) is 42.0 Å². The van der Waals surface area contributed by atoms with Gasteiger partial charge in [-0.3, -0.25) is 9.89 Å².